The van der Waals surface area contributed by atoms with Gasteiger partial charge in [-0.2, -0.15) is 17.2 Å². The average Bonchev–Trinajstić information content (AvgIpc) is 2.69. The molecule has 5 nitrogen and oxygen atoms in total. The van der Waals surface area contributed by atoms with Crippen LogP contribution in [0.3, 0.4) is 0 Å². The van der Waals surface area contributed by atoms with Gasteiger partial charge in [-0.15, -0.1) is 0 Å². The zero-order chi connectivity index (χ0) is 17.0. The van der Waals surface area contributed by atoms with Crippen LogP contribution in [0.2, 0.25) is 0 Å². The summed E-state index contributed by atoms with van der Waals surface area (Å²) in [6, 6.07) is 0. The zero-order valence-electron chi connectivity index (χ0n) is 13.1. The van der Waals surface area contributed by atoms with E-state index < -0.39 is 27.6 Å². The highest BCUT2D eigenvalue weighted by atomic mass is 32.2. The van der Waals surface area contributed by atoms with Crippen LogP contribution < -0.4 is 0 Å². The van der Waals surface area contributed by atoms with Gasteiger partial charge < -0.3 is 9.84 Å². The molecule has 3 saturated carbocycles. The van der Waals surface area contributed by atoms with Crippen LogP contribution in [0, 0.1) is 29.6 Å². The summed E-state index contributed by atoms with van der Waals surface area (Å²) in [6.07, 6.45) is 4.51. The normalized spacial score (nSPS) is 43.6. The summed E-state index contributed by atoms with van der Waals surface area (Å²) < 4.78 is 61.2. The first-order valence-corrected chi connectivity index (χ1v) is 9.62. The second kappa shape index (κ2) is 5.61. The van der Waals surface area contributed by atoms with Crippen LogP contribution in [-0.2, 0) is 14.9 Å². The van der Waals surface area contributed by atoms with E-state index in [1.165, 1.54) is 0 Å². The fraction of sp³-hybridized carbons (Fsp3) is 1.00. The molecule has 0 aromatic carbocycles. The first-order valence-electron chi connectivity index (χ1n) is 8.18. The topological polar surface area (TPSA) is 83.8 Å². The molecule has 23 heavy (non-hydrogen) atoms. The predicted molar refractivity (Wildman–Crippen MR) is 78.5 cm³/mol. The van der Waals surface area contributed by atoms with Gasteiger partial charge >= 0.3 is 15.4 Å². The highest BCUT2D eigenvalue weighted by Gasteiger charge is 2.61. The molecule has 6 atom stereocenters. The Labute approximate surface area is 135 Å². The van der Waals surface area contributed by atoms with E-state index in [-0.39, 0.29) is 30.3 Å². The first-order chi connectivity index (χ1) is 10.5. The standard InChI is InChI=1S/C15H24F2O5S/c1-9-2-3-10-4-13-11(6-14(13,18)5-10)12(9)7-22-8-15(16,17)23(19,20)21/h9-13,18H,2-8H2,1H3,(H,19,20,21). The average molecular weight is 354 g/mol. The van der Waals surface area contributed by atoms with Crippen molar-refractivity contribution in [2.45, 2.75) is 49.9 Å². The summed E-state index contributed by atoms with van der Waals surface area (Å²) >= 11 is 0. The molecule has 0 amide bonds. The molecule has 0 saturated heterocycles. The van der Waals surface area contributed by atoms with Crippen LogP contribution in [0.5, 0.6) is 0 Å². The molecule has 0 spiro atoms. The van der Waals surface area contributed by atoms with Gasteiger partial charge in [0.2, 0.25) is 0 Å². The number of halogens is 2. The lowest BCUT2D eigenvalue weighted by Crippen LogP contribution is -2.54. The minimum absolute atomic E-state index is 0.0359. The van der Waals surface area contributed by atoms with Crippen molar-refractivity contribution in [3.63, 3.8) is 0 Å². The first kappa shape index (κ1) is 17.5. The third-order valence-electron chi connectivity index (χ3n) is 6.29. The van der Waals surface area contributed by atoms with E-state index in [1.807, 2.05) is 0 Å². The van der Waals surface area contributed by atoms with Gasteiger partial charge in [0.05, 0.1) is 12.2 Å². The number of fused-ring (bicyclic) bond motifs is 1. The molecule has 134 valence electrons. The van der Waals surface area contributed by atoms with Crippen molar-refractivity contribution in [1.29, 1.82) is 0 Å². The lowest BCUT2D eigenvalue weighted by molar-refractivity contribution is -0.154. The Hall–Kier alpha value is -0.310. The Morgan fingerprint density at radius 1 is 1.30 bits per heavy atom. The molecule has 3 aliphatic carbocycles. The van der Waals surface area contributed by atoms with Gasteiger partial charge in [-0.05, 0) is 48.9 Å². The Morgan fingerprint density at radius 2 is 2.00 bits per heavy atom. The molecule has 0 aliphatic heterocycles. The van der Waals surface area contributed by atoms with Crippen LogP contribution in [0.25, 0.3) is 0 Å². The van der Waals surface area contributed by atoms with Crippen LogP contribution >= 0.6 is 0 Å². The molecule has 0 aromatic rings. The quantitative estimate of drug-likeness (QED) is 0.740. The van der Waals surface area contributed by atoms with Gasteiger partial charge in [-0.25, -0.2) is 0 Å². The van der Waals surface area contributed by atoms with Gasteiger partial charge in [-0.3, -0.25) is 4.55 Å². The fourth-order valence-corrected chi connectivity index (χ4v) is 5.22. The third kappa shape index (κ3) is 3.03. The van der Waals surface area contributed by atoms with Gasteiger partial charge in [0.25, 0.3) is 0 Å². The molecule has 6 unspecified atom stereocenters. The summed E-state index contributed by atoms with van der Waals surface area (Å²) in [5.74, 6) is 1.35. The van der Waals surface area contributed by atoms with Gasteiger partial charge in [0, 0.05) is 0 Å². The molecule has 0 heterocycles. The van der Waals surface area contributed by atoms with Gasteiger partial charge in [0.1, 0.15) is 6.61 Å². The highest BCUT2D eigenvalue weighted by molar-refractivity contribution is 7.86. The van der Waals surface area contributed by atoms with Crippen molar-refractivity contribution in [3.05, 3.63) is 0 Å². The van der Waals surface area contributed by atoms with Crippen LogP contribution in [0.15, 0.2) is 0 Å². The number of rotatable bonds is 5. The molecule has 3 rings (SSSR count). The van der Waals surface area contributed by atoms with E-state index in [0.717, 1.165) is 25.7 Å². The number of hydrogen-bond acceptors (Lipinski definition) is 4. The summed E-state index contributed by atoms with van der Waals surface area (Å²) in [6.45, 7) is 0.768. The van der Waals surface area contributed by atoms with E-state index in [4.69, 9.17) is 9.29 Å². The maximum atomic E-state index is 13.2. The predicted octanol–water partition coefficient (Wildman–Crippen LogP) is 2.31. The molecule has 3 fully saturated rings. The minimum atomic E-state index is -5.45. The minimum Gasteiger partial charge on any atom is -0.390 e. The van der Waals surface area contributed by atoms with Crippen molar-refractivity contribution in [1.82, 2.24) is 0 Å². The van der Waals surface area contributed by atoms with E-state index in [1.54, 1.807) is 0 Å². The summed E-state index contributed by atoms with van der Waals surface area (Å²) in [5.41, 5.74) is -0.587. The SMILES string of the molecule is CC1CCC2CC3C(CC3(O)C2)C1COCC(F)(F)S(=O)(=O)O. The highest BCUT2D eigenvalue weighted by Crippen LogP contribution is 2.62. The Bertz CT molecular complexity index is 566. The monoisotopic (exact) mass is 354 g/mol. The number of hydrogen-bond donors (Lipinski definition) is 2. The molecule has 8 heteroatoms. The van der Waals surface area contributed by atoms with E-state index in [0.29, 0.717) is 12.3 Å². The molecule has 0 radical (unpaired) electrons. The van der Waals surface area contributed by atoms with Crippen LogP contribution in [0.4, 0.5) is 8.78 Å². The largest absolute Gasteiger partial charge is 0.392 e. The summed E-state index contributed by atoms with van der Waals surface area (Å²) in [4.78, 5) is 0. The number of ether oxygens (including phenoxy) is 1. The lowest BCUT2D eigenvalue weighted by atomic mass is 9.56. The smallest absolute Gasteiger partial charge is 0.390 e. The number of alkyl halides is 2. The lowest BCUT2D eigenvalue weighted by Gasteiger charge is -2.52. The maximum Gasteiger partial charge on any atom is 0.392 e. The van der Waals surface area contributed by atoms with Crippen LogP contribution in [-0.4, -0.2) is 42.1 Å². The summed E-state index contributed by atoms with van der Waals surface area (Å²) in [5, 5.41) is 6.29. The van der Waals surface area contributed by atoms with Crippen LogP contribution in [0.1, 0.15) is 39.0 Å². The second-order valence-corrected chi connectivity index (χ2v) is 9.28. The Kier molecular flexibility index (Phi) is 4.27. The third-order valence-corrected chi connectivity index (χ3v) is 7.17. The van der Waals surface area contributed by atoms with Crippen molar-refractivity contribution >= 4 is 10.1 Å². The zero-order valence-corrected chi connectivity index (χ0v) is 13.9. The molecule has 2 N–H and O–H groups in total. The van der Waals surface area contributed by atoms with E-state index in [9.17, 15) is 22.3 Å². The van der Waals surface area contributed by atoms with E-state index >= 15 is 0 Å². The van der Waals surface area contributed by atoms with Crippen molar-refractivity contribution < 1.29 is 31.6 Å². The Balaban J connectivity index is 1.63. The molecule has 3 aliphatic rings. The molecular weight excluding hydrogens is 330 g/mol. The summed E-state index contributed by atoms with van der Waals surface area (Å²) in [7, 11) is -5.45. The van der Waals surface area contributed by atoms with E-state index in [2.05, 4.69) is 6.92 Å². The second-order valence-electron chi connectivity index (χ2n) is 7.73. The van der Waals surface area contributed by atoms with Gasteiger partial charge in [0.15, 0.2) is 0 Å². The van der Waals surface area contributed by atoms with Gasteiger partial charge in [-0.1, -0.05) is 19.8 Å². The maximum absolute atomic E-state index is 13.2. The number of aliphatic hydroxyl groups is 1. The molecular formula is C15H24F2O5S. The van der Waals surface area contributed by atoms with Crippen molar-refractivity contribution in [3.8, 4) is 0 Å². The fourth-order valence-electron chi connectivity index (χ4n) is 4.99. The van der Waals surface area contributed by atoms with Crippen molar-refractivity contribution in [2.24, 2.45) is 29.6 Å². The Morgan fingerprint density at radius 3 is 2.65 bits per heavy atom. The molecule has 0 aromatic heterocycles. The molecule has 2 bridgehead atoms. The van der Waals surface area contributed by atoms with Crippen molar-refractivity contribution in [2.75, 3.05) is 13.2 Å².